The molecule has 0 aromatic carbocycles. The summed E-state index contributed by atoms with van der Waals surface area (Å²) in [6.45, 7) is 19.4. The lowest BCUT2D eigenvalue weighted by Gasteiger charge is -2.75. The SMILES string of the molecule is CC(C)[C@@H]1CC[C@]2(C(=O)O)CC[C@]3(C)[C@](C)(CC[C@@H]4[C@@]5(C)CCC(=O)C(C)(C)C5CC[C@]43C)C12. The second kappa shape index (κ2) is 7.12. The van der Waals surface area contributed by atoms with E-state index in [4.69, 9.17) is 0 Å². The minimum Gasteiger partial charge on any atom is -0.481 e. The molecule has 0 saturated heterocycles. The molecule has 5 saturated carbocycles. The first-order chi connectivity index (χ1) is 15.6. The van der Waals surface area contributed by atoms with Crippen LogP contribution >= 0.6 is 0 Å². The molecule has 0 aromatic heterocycles. The number of ketones is 1. The van der Waals surface area contributed by atoms with E-state index >= 15 is 0 Å². The molecule has 5 fully saturated rings. The van der Waals surface area contributed by atoms with Crippen LogP contribution in [0.2, 0.25) is 0 Å². The number of fused-ring (bicyclic) bond motifs is 7. The molecule has 34 heavy (non-hydrogen) atoms. The molecule has 0 aliphatic heterocycles. The van der Waals surface area contributed by atoms with Crippen molar-refractivity contribution in [2.24, 2.45) is 62.1 Å². The minimum absolute atomic E-state index is 0.0591. The molecule has 2 unspecified atom stereocenters. The number of carboxylic acids is 1. The van der Waals surface area contributed by atoms with Crippen molar-refractivity contribution in [3.05, 3.63) is 0 Å². The average molecular weight is 471 g/mol. The average Bonchev–Trinajstić information content (AvgIpc) is 3.16. The Labute approximate surface area is 208 Å². The first kappa shape index (κ1) is 24.8. The highest BCUT2D eigenvalue weighted by Gasteiger charge is 2.75. The lowest BCUT2D eigenvalue weighted by atomic mass is 9.29. The molecule has 9 atom stereocenters. The molecular weight excluding hydrogens is 420 g/mol. The van der Waals surface area contributed by atoms with Crippen molar-refractivity contribution >= 4 is 11.8 Å². The number of carbonyl (C=O) groups is 2. The maximum absolute atomic E-state index is 13.0. The summed E-state index contributed by atoms with van der Waals surface area (Å²) in [6.07, 6.45) is 10.3. The summed E-state index contributed by atoms with van der Waals surface area (Å²) in [4.78, 5) is 25.9. The second-order valence-corrected chi connectivity index (χ2v) is 15.4. The fourth-order valence-corrected chi connectivity index (χ4v) is 12.2. The van der Waals surface area contributed by atoms with Gasteiger partial charge in [0.05, 0.1) is 5.41 Å². The van der Waals surface area contributed by atoms with E-state index in [1.54, 1.807) is 0 Å². The van der Waals surface area contributed by atoms with E-state index < -0.39 is 11.4 Å². The number of aliphatic carboxylic acids is 1. The quantitative estimate of drug-likeness (QED) is 0.448. The summed E-state index contributed by atoms with van der Waals surface area (Å²) in [7, 11) is 0. The number of carbonyl (C=O) groups excluding carboxylic acids is 1. The fourth-order valence-electron chi connectivity index (χ4n) is 12.2. The Balaban J connectivity index is 1.61. The van der Waals surface area contributed by atoms with Gasteiger partial charge in [0.2, 0.25) is 0 Å². The van der Waals surface area contributed by atoms with Crippen LogP contribution in [0.1, 0.15) is 120 Å². The Kier molecular flexibility index (Phi) is 5.20. The standard InChI is InChI=1S/C31H50O3/c1-19(2)20-9-16-31(25(33)34)18-17-30(8)28(6)14-10-21-26(3,4)23(32)12-13-27(21,5)22(28)11-15-29(30,7)24(20)31/h19-22,24H,9-18H2,1-8H3,(H,33,34)/t20-,21?,22+,24?,27-,28+,29+,30-,31-/m0/s1. The summed E-state index contributed by atoms with van der Waals surface area (Å²) in [5, 5.41) is 10.6. The number of hydrogen-bond acceptors (Lipinski definition) is 2. The molecule has 5 rings (SSSR count). The van der Waals surface area contributed by atoms with E-state index in [2.05, 4.69) is 55.4 Å². The summed E-state index contributed by atoms with van der Waals surface area (Å²) >= 11 is 0. The van der Waals surface area contributed by atoms with Gasteiger partial charge in [-0.3, -0.25) is 9.59 Å². The second-order valence-electron chi connectivity index (χ2n) is 15.4. The van der Waals surface area contributed by atoms with Gasteiger partial charge >= 0.3 is 5.97 Å². The van der Waals surface area contributed by atoms with Crippen molar-refractivity contribution in [3.8, 4) is 0 Å². The van der Waals surface area contributed by atoms with Gasteiger partial charge in [0.25, 0.3) is 0 Å². The molecular formula is C31H50O3. The van der Waals surface area contributed by atoms with Gasteiger partial charge in [-0.15, -0.1) is 0 Å². The van der Waals surface area contributed by atoms with E-state index in [-0.39, 0.29) is 33.0 Å². The molecule has 0 bridgehead atoms. The largest absolute Gasteiger partial charge is 0.481 e. The van der Waals surface area contributed by atoms with Crippen LogP contribution in [0.3, 0.4) is 0 Å². The fraction of sp³-hybridized carbons (Fsp3) is 0.935. The number of rotatable bonds is 2. The molecule has 3 nitrogen and oxygen atoms in total. The van der Waals surface area contributed by atoms with Crippen LogP contribution in [-0.4, -0.2) is 16.9 Å². The van der Waals surface area contributed by atoms with Crippen LogP contribution in [-0.2, 0) is 9.59 Å². The smallest absolute Gasteiger partial charge is 0.309 e. The van der Waals surface area contributed by atoms with Crippen LogP contribution < -0.4 is 0 Å². The Morgan fingerprint density at radius 2 is 1.44 bits per heavy atom. The summed E-state index contributed by atoms with van der Waals surface area (Å²) in [5.41, 5.74) is -0.116. The highest BCUT2D eigenvalue weighted by molar-refractivity contribution is 5.85. The molecule has 5 aliphatic rings. The molecule has 0 amide bonds. The zero-order chi connectivity index (χ0) is 25.1. The summed E-state index contributed by atoms with van der Waals surface area (Å²) in [6, 6.07) is 0. The van der Waals surface area contributed by atoms with Crippen LogP contribution in [0.25, 0.3) is 0 Å². The van der Waals surface area contributed by atoms with Crippen LogP contribution in [0.5, 0.6) is 0 Å². The monoisotopic (exact) mass is 470 g/mol. The van der Waals surface area contributed by atoms with E-state index in [0.717, 1.165) is 51.4 Å². The van der Waals surface area contributed by atoms with E-state index in [0.29, 0.717) is 29.5 Å². The topological polar surface area (TPSA) is 54.4 Å². The molecule has 1 N–H and O–H groups in total. The lowest BCUT2D eigenvalue weighted by molar-refractivity contribution is -0.270. The van der Waals surface area contributed by atoms with Gasteiger partial charge in [-0.25, -0.2) is 0 Å². The Morgan fingerprint density at radius 1 is 0.824 bits per heavy atom. The van der Waals surface area contributed by atoms with Gasteiger partial charge in [0, 0.05) is 11.8 Å². The lowest BCUT2D eigenvalue weighted by Crippen LogP contribution is -2.70. The third kappa shape index (κ3) is 2.61. The van der Waals surface area contributed by atoms with Crippen molar-refractivity contribution in [3.63, 3.8) is 0 Å². The molecule has 0 spiro atoms. The Bertz CT molecular complexity index is 904. The molecule has 5 aliphatic carbocycles. The number of Topliss-reactive ketones (excluding diaryl/α,β-unsaturated/α-hetero) is 1. The third-order valence-electron chi connectivity index (χ3n) is 14.3. The maximum atomic E-state index is 13.0. The predicted molar refractivity (Wildman–Crippen MR) is 136 cm³/mol. The van der Waals surface area contributed by atoms with E-state index in [1.807, 2.05) is 0 Å². The maximum Gasteiger partial charge on any atom is 0.309 e. The van der Waals surface area contributed by atoms with Gasteiger partial charge in [0.15, 0.2) is 0 Å². The van der Waals surface area contributed by atoms with Crippen LogP contribution in [0.15, 0.2) is 0 Å². The van der Waals surface area contributed by atoms with E-state index in [9.17, 15) is 14.7 Å². The van der Waals surface area contributed by atoms with Gasteiger partial charge in [-0.2, -0.15) is 0 Å². The number of hydrogen-bond donors (Lipinski definition) is 1. The number of carboxylic acid groups (broad SMARTS) is 1. The zero-order valence-corrected chi connectivity index (χ0v) is 23.2. The van der Waals surface area contributed by atoms with Crippen LogP contribution in [0, 0.1) is 62.1 Å². The highest BCUT2D eigenvalue weighted by Crippen LogP contribution is 2.81. The van der Waals surface area contributed by atoms with Crippen molar-refractivity contribution in [2.45, 2.75) is 120 Å². The minimum atomic E-state index is -0.521. The van der Waals surface area contributed by atoms with Crippen molar-refractivity contribution in [1.82, 2.24) is 0 Å². The van der Waals surface area contributed by atoms with E-state index in [1.165, 1.54) is 12.8 Å². The van der Waals surface area contributed by atoms with Crippen molar-refractivity contribution < 1.29 is 14.7 Å². The van der Waals surface area contributed by atoms with Gasteiger partial charge in [-0.1, -0.05) is 55.4 Å². The molecule has 0 heterocycles. The first-order valence-corrected chi connectivity index (χ1v) is 14.4. The van der Waals surface area contributed by atoms with Gasteiger partial charge < -0.3 is 5.11 Å². The summed E-state index contributed by atoms with van der Waals surface area (Å²) in [5.74, 6) is 2.39. The van der Waals surface area contributed by atoms with Crippen molar-refractivity contribution in [2.75, 3.05) is 0 Å². The molecule has 0 aromatic rings. The highest BCUT2D eigenvalue weighted by atomic mass is 16.4. The molecule has 0 radical (unpaired) electrons. The van der Waals surface area contributed by atoms with Gasteiger partial charge in [-0.05, 0) is 109 Å². The Hall–Kier alpha value is -0.860. The predicted octanol–water partition coefficient (Wildman–Crippen LogP) is 7.77. The third-order valence-corrected chi connectivity index (χ3v) is 14.3. The van der Waals surface area contributed by atoms with Gasteiger partial charge in [0.1, 0.15) is 5.78 Å². The van der Waals surface area contributed by atoms with Crippen molar-refractivity contribution in [1.29, 1.82) is 0 Å². The first-order valence-electron chi connectivity index (χ1n) is 14.4. The molecule has 192 valence electrons. The normalized spacial score (nSPS) is 54.1. The Morgan fingerprint density at radius 3 is 2.06 bits per heavy atom. The molecule has 3 heteroatoms. The zero-order valence-electron chi connectivity index (χ0n) is 23.2. The summed E-state index contributed by atoms with van der Waals surface area (Å²) < 4.78 is 0. The van der Waals surface area contributed by atoms with Crippen LogP contribution in [0.4, 0.5) is 0 Å².